The van der Waals surface area contributed by atoms with Crippen molar-refractivity contribution < 1.29 is 10.0 Å². The summed E-state index contributed by atoms with van der Waals surface area (Å²) in [5.74, 6) is 0.341. The van der Waals surface area contributed by atoms with Crippen molar-refractivity contribution in [1.29, 1.82) is 0 Å². The summed E-state index contributed by atoms with van der Waals surface area (Å²) < 4.78 is 0. The second-order valence-corrected chi connectivity index (χ2v) is 5.29. The second kappa shape index (κ2) is 5.11. The highest BCUT2D eigenvalue weighted by Gasteiger charge is 2.49. The van der Waals surface area contributed by atoms with E-state index in [9.17, 15) is 5.21 Å². The zero-order valence-corrected chi connectivity index (χ0v) is 11.8. The molecule has 1 heterocycles. The van der Waals surface area contributed by atoms with Crippen LogP contribution in [0, 0.1) is 0 Å². The third-order valence-corrected chi connectivity index (χ3v) is 4.22. The summed E-state index contributed by atoms with van der Waals surface area (Å²) in [6, 6.07) is 18.3. The summed E-state index contributed by atoms with van der Waals surface area (Å²) in [4.78, 5) is 3.90. The average Bonchev–Trinajstić information content (AvgIpc) is 2.74. The summed E-state index contributed by atoms with van der Waals surface area (Å²) in [6.45, 7) is 0. The Kier molecular flexibility index (Phi) is 3.44. The molecule has 5 heteroatoms. The lowest BCUT2D eigenvalue weighted by atomic mass is 10.0. The highest BCUT2D eigenvalue weighted by atomic mass is 35.5. The Bertz CT molecular complexity index is 645. The zero-order chi connectivity index (χ0) is 14.2. The van der Waals surface area contributed by atoms with E-state index in [1.165, 1.54) is 0 Å². The molecule has 0 fully saturated rings. The van der Waals surface area contributed by atoms with Gasteiger partial charge in [0.05, 0.1) is 0 Å². The summed E-state index contributed by atoms with van der Waals surface area (Å²) in [5.41, 5.74) is 1.37. The smallest absolute Gasteiger partial charge is 0.221 e. The quantitative estimate of drug-likeness (QED) is 0.662. The lowest BCUT2D eigenvalue weighted by Crippen LogP contribution is -2.34. The number of nitrogens with zero attached hydrogens (tertiary/aromatic N) is 1. The molecule has 20 heavy (non-hydrogen) atoms. The van der Waals surface area contributed by atoms with E-state index < -0.39 is 5.00 Å². The fraction of sp³-hybridized carbons (Fsp3) is 0.0667. The molecular formula is C15H11Cl2NO2. The van der Waals surface area contributed by atoms with Gasteiger partial charge in [0.25, 0.3) is 0 Å². The first-order chi connectivity index (χ1) is 9.64. The molecule has 0 aliphatic carbocycles. The molecule has 0 radical (unpaired) electrons. The third-order valence-electron chi connectivity index (χ3n) is 3.12. The summed E-state index contributed by atoms with van der Waals surface area (Å²) in [5, 5.41) is 10.9. The molecule has 1 atom stereocenters. The van der Waals surface area contributed by atoms with Crippen LogP contribution < -0.4 is 0 Å². The van der Waals surface area contributed by atoms with E-state index in [0.29, 0.717) is 16.5 Å². The SMILES string of the molecule is ON1OC(c2ccccc2)=C(Cl)C1(Cl)c1ccccc1. The first-order valence-electron chi connectivity index (χ1n) is 6.01. The van der Waals surface area contributed by atoms with Crippen molar-refractivity contribution >= 4 is 29.0 Å². The number of alkyl halides is 1. The van der Waals surface area contributed by atoms with Gasteiger partial charge in [0.1, 0.15) is 5.03 Å². The van der Waals surface area contributed by atoms with Crippen molar-refractivity contribution in [2.75, 3.05) is 0 Å². The summed E-state index contributed by atoms with van der Waals surface area (Å²) in [7, 11) is 0. The number of benzene rings is 2. The van der Waals surface area contributed by atoms with Crippen LogP contribution in [0.2, 0.25) is 0 Å². The highest BCUT2D eigenvalue weighted by molar-refractivity contribution is 6.41. The lowest BCUT2D eigenvalue weighted by Gasteiger charge is -2.25. The Hall–Kier alpha value is -1.52. The van der Waals surface area contributed by atoms with Gasteiger partial charge >= 0.3 is 0 Å². The molecule has 1 aliphatic heterocycles. The molecule has 2 aromatic rings. The van der Waals surface area contributed by atoms with Crippen LogP contribution in [-0.4, -0.2) is 10.4 Å². The number of hydrogen-bond donors (Lipinski definition) is 1. The van der Waals surface area contributed by atoms with Crippen molar-refractivity contribution in [3.05, 3.63) is 76.8 Å². The van der Waals surface area contributed by atoms with E-state index >= 15 is 0 Å². The summed E-state index contributed by atoms with van der Waals surface area (Å²) >= 11 is 12.9. The Morgan fingerprint density at radius 1 is 0.950 bits per heavy atom. The normalized spacial score (nSPS) is 22.9. The van der Waals surface area contributed by atoms with E-state index in [0.717, 1.165) is 5.56 Å². The molecule has 1 N–H and O–H groups in total. The van der Waals surface area contributed by atoms with Crippen LogP contribution >= 0.6 is 23.2 Å². The Labute approximate surface area is 126 Å². The fourth-order valence-electron chi connectivity index (χ4n) is 2.09. The molecule has 2 aromatic carbocycles. The minimum absolute atomic E-state index is 0.221. The minimum Gasteiger partial charge on any atom is -0.376 e. The fourth-order valence-corrected chi connectivity index (χ4v) is 2.66. The maximum Gasteiger partial charge on any atom is 0.221 e. The highest BCUT2D eigenvalue weighted by Crippen LogP contribution is 2.50. The van der Waals surface area contributed by atoms with Gasteiger partial charge in [-0.05, 0) is 5.56 Å². The van der Waals surface area contributed by atoms with Crippen LogP contribution in [0.5, 0.6) is 0 Å². The first-order valence-corrected chi connectivity index (χ1v) is 6.77. The summed E-state index contributed by atoms with van der Waals surface area (Å²) in [6.07, 6.45) is 0. The molecule has 3 rings (SSSR count). The molecule has 0 saturated heterocycles. The molecule has 1 aliphatic rings. The molecule has 102 valence electrons. The van der Waals surface area contributed by atoms with Crippen LogP contribution in [0.1, 0.15) is 11.1 Å². The van der Waals surface area contributed by atoms with Crippen LogP contribution in [0.3, 0.4) is 0 Å². The first kappa shape index (κ1) is 13.5. The largest absolute Gasteiger partial charge is 0.376 e. The van der Waals surface area contributed by atoms with E-state index in [1.807, 2.05) is 48.5 Å². The van der Waals surface area contributed by atoms with Crippen molar-refractivity contribution in [3.8, 4) is 0 Å². The second-order valence-electron chi connectivity index (χ2n) is 4.36. The van der Waals surface area contributed by atoms with Crippen molar-refractivity contribution in [3.63, 3.8) is 0 Å². The van der Waals surface area contributed by atoms with Crippen molar-refractivity contribution in [2.24, 2.45) is 0 Å². The molecule has 0 amide bonds. The van der Waals surface area contributed by atoms with Crippen LogP contribution in [0.15, 0.2) is 65.7 Å². The molecule has 0 bridgehead atoms. The van der Waals surface area contributed by atoms with E-state index in [-0.39, 0.29) is 5.03 Å². The molecule has 0 saturated carbocycles. The Balaban J connectivity index is 2.12. The van der Waals surface area contributed by atoms with Crippen LogP contribution in [0.4, 0.5) is 0 Å². The number of rotatable bonds is 2. The number of hydroxylamine groups is 2. The van der Waals surface area contributed by atoms with Gasteiger partial charge in [0, 0.05) is 10.8 Å². The standard InChI is InChI=1S/C15H11Cl2NO2/c16-14-13(11-7-3-1-4-8-11)20-18(19)15(14,17)12-9-5-2-6-10-12/h1-10,19H. The molecule has 3 nitrogen and oxygen atoms in total. The maximum atomic E-state index is 10.1. The average molecular weight is 308 g/mol. The number of halogens is 2. The van der Waals surface area contributed by atoms with Crippen LogP contribution in [-0.2, 0) is 9.84 Å². The lowest BCUT2D eigenvalue weighted by molar-refractivity contribution is -0.319. The predicted octanol–water partition coefficient (Wildman–Crippen LogP) is 4.32. The number of hydrogen-bond acceptors (Lipinski definition) is 3. The third kappa shape index (κ3) is 2.00. The minimum atomic E-state index is -1.44. The topological polar surface area (TPSA) is 32.7 Å². The van der Waals surface area contributed by atoms with Gasteiger partial charge < -0.3 is 4.84 Å². The van der Waals surface area contributed by atoms with Gasteiger partial charge in [0.2, 0.25) is 5.00 Å². The van der Waals surface area contributed by atoms with E-state index in [4.69, 9.17) is 28.0 Å². The van der Waals surface area contributed by atoms with Gasteiger partial charge in [0.15, 0.2) is 5.76 Å². The van der Waals surface area contributed by atoms with Gasteiger partial charge in [-0.25, -0.2) is 0 Å². The molecule has 0 spiro atoms. The molecular weight excluding hydrogens is 297 g/mol. The van der Waals surface area contributed by atoms with E-state index in [2.05, 4.69) is 0 Å². The zero-order valence-electron chi connectivity index (χ0n) is 10.3. The molecule has 0 aromatic heterocycles. The van der Waals surface area contributed by atoms with Crippen molar-refractivity contribution in [2.45, 2.75) is 5.00 Å². The monoisotopic (exact) mass is 307 g/mol. The van der Waals surface area contributed by atoms with Crippen LogP contribution in [0.25, 0.3) is 5.76 Å². The molecule has 1 unspecified atom stereocenters. The van der Waals surface area contributed by atoms with Gasteiger partial charge in [-0.15, -0.1) is 0 Å². The van der Waals surface area contributed by atoms with Gasteiger partial charge in [-0.3, -0.25) is 5.21 Å². The van der Waals surface area contributed by atoms with Gasteiger partial charge in [-0.1, -0.05) is 83.9 Å². The Morgan fingerprint density at radius 2 is 1.50 bits per heavy atom. The maximum absolute atomic E-state index is 10.1. The Morgan fingerprint density at radius 3 is 2.10 bits per heavy atom. The predicted molar refractivity (Wildman–Crippen MR) is 77.9 cm³/mol. The van der Waals surface area contributed by atoms with E-state index in [1.54, 1.807) is 12.1 Å². The van der Waals surface area contributed by atoms with Crippen molar-refractivity contribution in [1.82, 2.24) is 5.23 Å². The van der Waals surface area contributed by atoms with Gasteiger partial charge in [-0.2, -0.15) is 0 Å².